The molecule has 1 atom stereocenters. The van der Waals surface area contributed by atoms with Crippen LogP contribution in [0, 0.1) is 0 Å². The van der Waals surface area contributed by atoms with E-state index in [-0.39, 0.29) is 22.7 Å². The Morgan fingerprint density at radius 2 is 1.83 bits per heavy atom. The van der Waals surface area contributed by atoms with Gasteiger partial charge in [-0.25, -0.2) is 10.8 Å². The number of carboxylic acids is 1. The number of nitrogens with one attached hydrogen (secondary N) is 1. The fraction of sp³-hybridized carbons (Fsp3) is 0.310. The van der Waals surface area contributed by atoms with Crippen molar-refractivity contribution in [3.05, 3.63) is 93.2 Å². The summed E-state index contributed by atoms with van der Waals surface area (Å²) in [7, 11) is 0. The molecule has 0 aliphatic heterocycles. The van der Waals surface area contributed by atoms with Crippen molar-refractivity contribution < 1.29 is 14.7 Å². The van der Waals surface area contributed by atoms with Crippen LogP contribution in [0.3, 0.4) is 0 Å². The van der Waals surface area contributed by atoms with Crippen LogP contribution in [0.25, 0.3) is 11.3 Å². The maximum atomic E-state index is 13.4. The van der Waals surface area contributed by atoms with Gasteiger partial charge in [0.15, 0.2) is 0 Å². The average Bonchev–Trinajstić information content (AvgIpc) is 2.92. The summed E-state index contributed by atoms with van der Waals surface area (Å²) in [4.78, 5) is 40.4. The molecule has 4 rings (SSSR count). The Hall–Kier alpha value is -3.86. The number of aromatic nitrogens is 2. The number of nitrogens with two attached hydrogens (primary N) is 2. The molecule has 0 spiro atoms. The number of nitrogens with zero attached hydrogens (tertiary/aromatic N) is 3. The molecule has 10 nitrogen and oxygen atoms in total. The van der Waals surface area contributed by atoms with Gasteiger partial charge in [0.2, 0.25) is 5.91 Å². The van der Waals surface area contributed by atoms with Crippen LogP contribution in [-0.2, 0) is 16.0 Å². The number of carbonyl (C=O) groups is 2. The number of carbonyl (C=O) groups excluding carboxylic acids is 1. The van der Waals surface area contributed by atoms with Crippen molar-refractivity contribution in [2.45, 2.75) is 57.5 Å². The molecule has 1 amide bonds. The lowest BCUT2D eigenvalue weighted by Gasteiger charge is -2.26. The SMILES string of the molecule is CC(=O)O.N/C(Cl)=C\N(N)c1ccc(Cl)cc1-c1cc(=O)n(C(Cc2ccccc2)C(=O)NC2CCCCC2)cn1. The number of benzene rings is 2. The molecule has 0 radical (unpaired) electrons. The number of carboxylic acid groups (broad SMARTS) is 1. The molecular weight excluding hydrogens is 567 g/mol. The second kappa shape index (κ2) is 15.2. The lowest BCUT2D eigenvalue weighted by Crippen LogP contribution is -2.43. The quantitative estimate of drug-likeness (QED) is 0.166. The molecule has 1 fully saturated rings. The first-order valence-corrected chi connectivity index (χ1v) is 13.9. The topological polar surface area (TPSA) is 157 Å². The predicted molar refractivity (Wildman–Crippen MR) is 161 cm³/mol. The number of hydrogen-bond donors (Lipinski definition) is 4. The number of amides is 1. The van der Waals surface area contributed by atoms with E-state index >= 15 is 0 Å². The molecule has 3 aromatic rings. The average molecular weight is 602 g/mol. The van der Waals surface area contributed by atoms with Gasteiger partial charge in [-0.3, -0.25) is 24.0 Å². The van der Waals surface area contributed by atoms with Crippen LogP contribution in [-0.4, -0.2) is 32.6 Å². The minimum atomic E-state index is -0.833. The smallest absolute Gasteiger partial charge is 0.300 e. The van der Waals surface area contributed by atoms with Crippen molar-refractivity contribution in [3.8, 4) is 11.3 Å². The molecule has 12 heteroatoms. The third-order valence-electron chi connectivity index (χ3n) is 6.47. The van der Waals surface area contributed by atoms with Crippen molar-refractivity contribution in [3.63, 3.8) is 0 Å². The lowest BCUT2D eigenvalue weighted by molar-refractivity contribution is -0.134. The van der Waals surface area contributed by atoms with Gasteiger partial charge in [0, 0.05) is 36.0 Å². The summed E-state index contributed by atoms with van der Waals surface area (Å²) in [6.07, 6.45) is 8.37. The van der Waals surface area contributed by atoms with Crippen molar-refractivity contribution in [1.29, 1.82) is 0 Å². The first-order valence-electron chi connectivity index (χ1n) is 13.1. The molecule has 2 aromatic carbocycles. The third-order valence-corrected chi connectivity index (χ3v) is 6.81. The third kappa shape index (κ3) is 9.63. The summed E-state index contributed by atoms with van der Waals surface area (Å²) in [6.45, 7) is 1.08. The molecule has 6 N–H and O–H groups in total. The Morgan fingerprint density at radius 1 is 1.17 bits per heavy atom. The number of rotatable bonds is 8. The van der Waals surface area contributed by atoms with Gasteiger partial charge in [0.1, 0.15) is 11.2 Å². The molecule has 1 heterocycles. The summed E-state index contributed by atoms with van der Waals surface area (Å²) in [5.41, 5.74) is 7.49. The molecular formula is C29H34Cl2N6O4. The van der Waals surface area contributed by atoms with Crippen LogP contribution in [0.1, 0.15) is 50.6 Å². The van der Waals surface area contributed by atoms with Gasteiger partial charge in [0.25, 0.3) is 11.5 Å². The van der Waals surface area contributed by atoms with Crippen molar-refractivity contribution in [2.75, 3.05) is 5.01 Å². The monoisotopic (exact) mass is 600 g/mol. The normalized spacial score (nSPS) is 14.4. The number of halogens is 2. The van der Waals surface area contributed by atoms with E-state index in [0.29, 0.717) is 28.4 Å². The Bertz CT molecular complexity index is 1420. The molecule has 1 aliphatic carbocycles. The van der Waals surface area contributed by atoms with Crippen molar-refractivity contribution in [1.82, 2.24) is 14.9 Å². The summed E-state index contributed by atoms with van der Waals surface area (Å²) >= 11 is 12.0. The zero-order valence-corrected chi connectivity index (χ0v) is 24.2. The van der Waals surface area contributed by atoms with E-state index in [0.717, 1.165) is 38.2 Å². The molecule has 1 saturated carbocycles. The van der Waals surface area contributed by atoms with Gasteiger partial charge in [-0.15, -0.1) is 0 Å². The fourth-order valence-electron chi connectivity index (χ4n) is 4.63. The molecule has 0 saturated heterocycles. The summed E-state index contributed by atoms with van der Waals surface area (Å²) in [5, 5.41) is 12.2. The zero-order chi connectivity index (χ0) is 29.9. The zero-order valence-electron chi connectivity index (χ0n) is 22.7. The van der Waals surface area contributed by atoms with Gasteiger partial charge < -0.3 is 16.2 Å². The number of hydrazine groups is 1. The molecule has 41 heavy (non-hydrogen) atoms. The van der Waals surface area contributed by atoms with E-state index in [1.54, 1.807) is 18.2 Å². The van der Waals surface area contributed by atoms with E-state index in [2.05, 4.69) is 10.3 Å². The minimum absolute atomic E-state index is 0.0143. The van der Waals surface area contributed by atoms with Gasteiger partial charge in [-0.05, 0) is 36.6 Å². The van der Waals surface area contributed by atoms with Gasteiger partial charge in [-0.2, -0.15) is 0 Å². The number of aliphatic carboxylic acids is 1. The van der Waals surface area contributed by atoms with Crippen LogP contribution >= 0.6 is 23.2 Å². The summed E-state index contributed by atoms with van der Waals surface area (Å²) < 4.78 is 1.38. The standard InChI is InChI=1S/C27H30Cl2N6O2.C2H4O2/c28-19-11-12-23(35(31)16-25(29)30)21(14-19)22-15-26(36)34(17-32-22)24(13-18-7-3-1-4-8-18)27(37)33-20-9-5-2-6-10-20;1-2(3)4/h1,3-4,7-8,11-12,14-17,20,24H,2,5-6,9-10,13,30-31H2,(H,33,37);1H3,(H,3,4)/b25-16-;. The summed E-state index contributed by atoms with van der Waals surface area (Å²) in [6, 6.07) is 15.4. The molecule has 1 unspecified atom stereocenters. The minimum Gasteiger partial charge on any atom is -0.481 e. The van der Waals surface area contributed by atoms with Crippen LogP contribution in [0.15, 0.2) is 77.1 Å². The second-order valence-corrected chi connectivity index (χ2v) is 10.5. The second-order valence-electron chi connectivity index (χ2n) is 9.67. The van der Waals surface area contributed by atoms with Gasteiger partial charge in [-0.1, -0.05) is 72.8 Å². The van der Waals surface area contributed by atoms with Crippen molar-refractivity contribution >= 4 is 40.8 Å². The lowest BCUT2D eigenvalue weighted by atomic mass is 9.95. The van der Waals surface area contributed by atoms with Crippen LogP contribution in [0.2, 0.25) is 5.02 Å². The van der Waals surface area contributed by atoms with E-state index in [1.165, 1.54) is 34.6 Å². The highest BCUT2D eigenvalue weighted by Crippen LogP contribution is 2.31. The number of hydrogen-bond acceptors (Lipinski definition) is 7. The Morgan fingerprint density at radius 3 is 2.44 bits per heavy atom. The van der Waals surface area contributed by atoms with Crippen LogP contribution < -0.4 is 27.5 Å². The van der Waals surface area contributed by atoms with E-state index in [9.17, 15) is 9.59 Å². The van der Waals surface area contributed by atoms with E-state index in [1.807, 2.05) is 30.3 Å². The first-order chi connectivity index (χ1) is 19.5. The van der Waals surface area contributed by atoms with E-state index < -0.39 is 12.0 Å². The van der Waals surface area contributed by atoms with E-state index in [4.69, 9.17) is 44.7 Å². The van der Waals surface area contributed by atoms with Gasteiger partial charge in [0.05, 0.1) is 23.9 Å². The molecule has 1 aromatic heterocycles. The highest BCUT2D eigenvalue weighted by atomic mass is 35.5. The number of anilines is 1. The van der Waals surface area contributed by atoms with Crippen molar-refractivity contribution in [2.24, 2.45) is 11.6 Å². The largest absolute Gasteiger partial charge is 0.481 e. The van der Waals surface area contributed by atoms with Gasteiger partial charge >= 0.3 is 0 Å². The van der Waals surface area contributed by atoms with Crippen LogP contribution in [0.4, 0.5) is 5.69 Å². The molecule has 0 bridgehead atoms. The fourth-order valence-corrected chi connectivity index (χ4v) is 4.91. The highest BCUT2D eigenvalue weighted by Gasteiger charge is 2.26. The summed E-state index contributed by atoms with van der Waals surface area (Å²) in [5.74, 6) is 5.08. The maximum absolute atomic E-state index is 13.4. The Balaban J connectivity index is 0.00000108. The van der Waals surface area contributed by atoms with Crippen LogP contribution in [0.5, 0.6) is 0 Å². The first kappa shape index (κ1) is 31.7. The molecule has 1 aliphatic rings. The highest BCUT2D eigenvalue weighted by molar-refractivity contribution is 6.31. The maximum Gasteiger partial charge on any atom is 0.300 e. The Labute approximate surface area is 248 Å². The molecule has 218 valence electrons. The predicted octanol–water partition coefficient (Wildman–Crippen LogP) is 4.56. The Kier molecular flexibility index (Phi) is 11.8.